The van der Waals surface area contributed by atoms with E-state index in [9.17, 15) is 9.90 Å². The number of rotatable bonds is 7. The summed E-state index contributed by atoms with van der Waals surface area (Å²) in [5, 5.41) is 26.7. The summed E-state index contributed by atoms with van der Waals surface area (Å²) < 4.78 is 11.9. The summed E-state index contributed by atoms with van der Waals surface area (Å²) in [5.41, 5.74) is 1.02. The molecule has 0 aliphatic carbocycles. The molecule has 0 spiro atoms. The fourth-order valence-electron chi connectivity index (χ4n) is 2.13. The van der Waals surface area contributed by atoms with Crippen LogP contribution in [0.2, 0.25) is 0 Å². The third-order valence-electron chi connectivity index (χ3n) is 3.36. The second-order valence-electron chi connectivity index (χ2n) is 5.19. The average Bonchev–Trinajstić information content (AvgIpc) is 3.27. The SMILES string of the molecule is COc1ccc(Cn2cc(OC(=O)CC(O)c3nn[nH]n3)cn2)cc1. The molecule has 10 heteroatoms. The van der Waals surface area contributed by atoms with Gasteiger partial charge in [0.2, 0.25) is 5.82 Å². The molecule has 0 radical (unpaired) electrons. The van der Waals surface area contributed by atoms with Crippen molar-refractivity contribution >= 4 is 5.97 Å². The normalized spacial score (nSPS) is 11.9. The number of tetrazole rings is 1. The van der Waals surface area contributed by atoms with Gasteiger partial charge in [0.1, 0.15) is 11.9 Å². The molecule has 25 heavy (non-hydrogen) atoms. The van der Waals surface area contributed by atoms with Crippen molar-refractivity contribution in [3.05, 3.63) is 48.0 Å². The summed E-state index contributed by atoms with van der Waals surface area (Å²) in [6, 6.07) is 7.57. The molecule has 3 aromatic rings. The number of ether oxygens (including phenoxy) is 2. The molecule has 10 nitrogen and oxygen atoms in total. The first-order valence-electron chi connectivity index (χ1n) is 7.41. The molecule has 1 aromatic carbocycles. The van der Waals surface area contributed by atoms with Crippen molar-refractivity contribution in [2.75, 3.05) is 7.11 Å². The number of hydrogen-bond acceptors (Lipinski definition) is 8. The Balaban J connectivity index is 1.54. The smallest absolute Gasteiger partial charge is 0.314 e. The number of hydrogen-bond donors (Lipinski definition) is 2. The molecular weight excluding hydrogens is 328 g/mol. The fraction of sp³-hybridized carbons (Fsp3) is 0.267. The second-order valence-corrected chi connectivity index (χ2v) is 5.19. The van der Waals surface area contributed by atoms with Crippen LogP contribution in [0.1, 0.15) is 23.9 Å². The second kappa shape index (κ2) is 7.53. The lowest BCUT2D eigenvalue weighted by Gasteiger charge is -2.05. The molecule has 2 N–H and O–H groups in total. The van der Waals surface area contributed by atoms with Gasteiger partial charge in [-0.2, -0.15) is 10.3 Å². The highest BCUT2D eigenvalue weighted by Gasteiger charge is 2.19. The minimum Gasteiger partial charge on any atom is -0.497 e. The van der Waals surface area contributed by atoms with Crippen molar-refractivity contribution in [3.63, 3.8) is 0 Å². The zero-order valence-electron chi connectivity index (χ0n) is 13.4. The maximum absolute atomic E-state index is 11.8. The molecule has 130 valence electrons. The molecule has 0 bridgehead atoms. The van der Waals surface area contributed by atoms with Crippen molar-refractivity contribution in [1.82, 2.24) is 30.4 Å². The Morgan fingerprint density at radius 2 is 2.12 bits per heavy atom. The lowest BCUT2D eigenvalue weighted by Crippen LogP contribution is -2.13. The highest BCUT2D eigenvalue weighted by molar-refractivity contribution is 5.72. The van der Waals surface area contributed by atoms with Crippen molar-refractivity contribution in [2.45, 2.75) is 19.1 Å². The van der Waals surface area contributed by atoms with Crippen LogP contribution in [0.5, 0.6) is 11.5 Å². The fourth-order valence-corrected chi connectivity index (χ4v) is 2.13. The molecule has 2 aromatic heterocycles. The average molecular weight is 344 g/mol. The summed E-state index contributed by atoms with van der Waals surface area (Å²) in [6.07, 6.45) is 1.56. The van der Waals surface area contributed by atoms with Gasteiger partial charge >= 0.3 is 5.97 Å². The van der Waals surface area contributed by atoms with E-state index in [1.165, 1.54) is 6.20 Å². The van der Waals surface area contributed by atoms with Gasteiger partial charge in [0, 0.05) is 0 Å². The summed E-state index contributed by atoms with van der Waals surface area (Å²) in [7, 11) is 1.61. The van der Waals surface area contributed by atoms with Crippen molar-refractivity contribution < 1.29 is 19.4 Å². The molecule has 1 atom stereocenters. The van der Waals surface area contributed by atoms with Crippen LogP contribution in [0.25, 0.3) is 0 Å². The maximum Gasteiger partial charge on any atom is 0.314 e. The Labute approximate surface area is 142 Å². The van der Waals surface area contributed by atoms with Crippen LogP contribution < -0.4 is 9.47 Å². The number of carbonyl (C=O) groups excluding carboxylic acids is 1. The number of aromatic amines is 1. The van der Waals surface area contributed by atoms with Crippen LogP contribution in [-0.4, -0.2) is 48.6 Å². The van der Waals surface area contributed by atoms with Crippen LogP contribution in [-0.2, 0) is 11.3 Å². The van der Waals surface area contributed by atoms with E-state index in [0.29, 0.717) is 12.3 Å². The highest BCUT2D eigenvalue weighted by Crippen LogP contribution is 2.16. The first-order chi connectivity index (χ1) is 12.1. The zero-order valence-corrected chi connectivity index (χ0v) is 13.4. The standard InChI is InChI=1S/C15H16N6O4/c1-24-11-4-2-10(3-5-11)8-21-9-12(7-16-21)25-14(23)6-13(22)15-17-19-20-18-15/h2-5,7,9,13,22H,6,8H2,1H3,(H,17,18,19,20). The van der Waals surface area contributed by atoms with Gasteiger partial charge in [-0.1, -0.05) is 17.3 Å². The minimum absolute atomic E-state index is 0.0344. The quantitative estimate of drug-likeness (QED) is 0.592. The Morgan fingerprint density at radius 3 is 2.80 bits per heavy atom. The van der Waals surface area contributed by atoms with Gasteiger partial charge in [0.25, 0.3) is 0 Å². The van der Waals surface area contributed by atoms with Gasteiger partial charge in [-0.25, -0.2) is 0 Å². The van der Waals surface area contributed by atoms with Gasteiger partial charge in [0.05, 0.1) is 32.5 Å². The number of carbonyl (C=O) groups is 1. The van der Waals surface area contributed by atoms with Crippen LogP contribution in [0, 0.1) is 0 Å². The number of methoxy groups -OCH3 is 1. The summed E-state index contributed by atoms with van der Waals surface area (Å²) in [5.74, 6) is 0.478. The Morgan fingerprint density at radius 1 is 1.32 bits per heavy atom. The van der Waals surface area contributed by atoms with Crippen LogP contribution in [0.15, 0.2) is 36.7 Å². The predicted molar refractivity (Wildman–Crippen MR) is 83.7 cm³/mol. The Hall–Kier alpha value is -3.27. The largest absolute Gasteiger partial charge is 0.497 e. The van der Waals surface area contributed by atoms with E-state index < -0.39 is 12.1 Å². The zero-order chi connectivity index (χ0) is 17.6. The number of esters is 1. The molecule has 0 aliphatic heterocycles. The lowest BCUT2D eigenvalue weighted by atomic mass is 10.2. The van der Waals surface area contributed by atoms with Gasteiger partial charge in [-0.15, -0.1) is 10.2 Å². The van der Waals surface area contributed by atoms with Gasteiger partial charge < -0.3 is 14.6 Å². The van der Waals surface area contributed by atoms with E-state index in [1.54, 1.807) is 18.0 Å². The molecule has 0 aliphatic rings. The van der Waals surface area contributed by atoms with Crippen LogP contribution >= 0.6 is 0 Å². The van der Waals surface area contributed by atoms with Gasteiger partial charge in [0.15, 0.2) is 5.75 Å². The Kier molecular flexibility index (Phi) is 5.00. The van der Waals surface area contributed by atoms with E-state index in [0.717, 1.165) is 11.3 Å². The van der Waals surface area contributed by atoms with E-state index in [2.05, 4.69) is 25.7 Å². The summed E-state index contributed by atoms with van der Waals surface area (Å²) >= 11 is 0. The third-order valence-corrected chi connectivity index (χ3v) is 3.36. The Bertz CT molecular complexity index is 815. The minimum atomic E-state index is -1.18. The van der Waals surface area contributed by atoms with Gasteiger partial charge in [-0.05, 0) is 17.7 Å². The topological polar surface area (TPSA) is 128 Å². The monoisotopic (exact) mass is 344 g/mol. The maximum atomic E-state index is 11.8. The number of nitrogens with zero attached hydrogens (tertiary/aromatic N) is 5. The number of benzene rings is 1. The van der Waals surface area contributed by atoms with Gasteiger partial charge in [-0.3, -0.25) is 9.48 Å². The first-order valence-corrected chi connectivity index (χ1v) is 7.41. The first kappa shape index (κ1) is 16.6. The van der Waals surface area contributed by atoms with Crippen molar-refractivity contribution in [2.24, 2.45) is 0 Å². The molecule has 1 unspecified atom stereocenters. The molecule has 3 rings (SSSR count). The number of nitrogens with one attached hydrogen (secondary N) is 1. The predicted octanol–water partition coefficient (Wildman–Crippen LogP) is 0.482. The molecule has 0 amide bonds. The lowest BCUT2D eigenvalue weighted by molar-refractivity contribution is -0.136. The van der Waals surface area contributed by atoms with E-state index >= 15 is 0 Å². The molecule has 0 saturated heterocycles. The summed E-state index contributed by atoms with van der Waals surface area (Å²) in [4.78, 5) is 11.8. The van der Waals surface area contributed by atoms with Crippen molar-refractivity contribution in [3.8, 4) is 11.5 Å². The van der Waals surface area contributed by atoms with Crippen LogP contribution in [0.3, 0.4) is 0 Å². The molecule has 2 heterocycles. The van der Waals surface area contributed by atoms with E-state index in [4.69, 9.17) is 9.47 Å². The third kappa shape index (κ3) is 4.38. The van der Waals surface area contributed by atoms with E-state index in [-0.39, 0.29) is 12.2 Å². The number of aliphatic hydroxyl groups is 1. The number of aromatic nitrogens is 6. The van der Waals surface area contributed by atoms with Crippen LogP contribution in [0.4, 0.5) is 0 Å². The number of aliphatic hydroxyl groups excluding tert-OH is 1. The molecular formula is C15H16N6O4. The molecule has 0 saturated carbocycles. The number of H-pyrrole nitrogens is 1. The van der Waals surface area contributed by atoms with E-state index in [1.807, 2.05) is 24.3 Å². The molecule has 0 fully saturated rings. The summed E-state index contributed by atoms with van der Waals surface area (Å²) in [6.45, 7) is 0.521. The van der Waals surface area contributed by atoms with Crippen molar-refractivity contribution in [1.29, 1.82) is 0 Å². The highest BCUT2D eigenvalue weighted by atomic mass is 16.5.